The molecule has 2 rings (SSSR count). The summed E-state index contributed by atoms with van der Waals surface area (Å²) in [5, 5.41) is 14.0. The molecule has 0 saturated carbocycles. The molecule has 0 atom stereocenters. The van der Waals surface area contributed by atoms with Crippen LogP contribution in [0, 0.1) is 11.3 Å². The summed E-state index contributed by atoms with van der Waals surface area (Å²) >= 11 is 0. The molecule has 156 valence electrons. The van der Waals surface area contributed by atoms with Crippen molar-refractivity contribution >= 4 is 23.6 Å². The number of ether oxygens (including phenoxy) is 3. The lowest BCUT2D eigenvalue weighted by atomic mass is 10.2. The number of nitrogens with zero attached hydrogens (tertiary/aromatic N) is 1. The van der Waals surface area contributed by atoms with Crippen LogP contribution in [0.2, 0.25) is 0 Å². The predicted molar refractivity (Wildman–Crippen MR) is 112 cm³/mol. The van der Waals surface area contributed by atoms with E-state index in [0.29, 0.717) is 29.5 Å². The van der Waals surface area contributed by atoms with Crippen molar-refractivity contribution in [2.75, 3.05) is 32.2 Å². The zero-order chi connectivity index (χ0) is 21.8. The summed E-state index contributed by atoms with van der Waals surface area (Å²) in [5.41, 5.74) is 1.33. The van der Waals surface area contributed by atoms with E-state index in [2.05, 4.69) is 10.6 Å². The van der Waals surface area contributed by atoms with E-state index >= 15 is 0 Å². The molecule has 0 heterocycles. The molecule has 8 nitrogen and oxygen atoms in total. The summed E-state index contributed by atoms with van der Waals surface area (Å²) in [6, 6.07) is 13.7. The van der Waals surface area contributed by atoms with Crippen LogP contribution in [-0.2, 0) is 9.59 Å². The molecule has 0 aliphatic carbocycles. The Morgan fingerprint density at radius 1 is 1.10 bits per heavy atom. The van der Waals surface area contributed by atoms with Gasteiger partial charge in [0.2, 0.25) is 5.91 Å². The van der Waals surface area contributed by atoms with Gasteiger partial charge in [-0.15, -0.1) is 0 Å². The average molecular weight is 409 g/mol. The van der Waals surface area contributed by atoms with Gasteiger partial charge < -0.3 is 24.8 Å². The second-order valence-electron chi connectivity index (χ2n) is 5.95. The standard InChI is InChI=1S/C22H23N3O5/c1-3-24-22(27)15-30-18-8-6-17(7-9-18)25-21(26)11-5-16-4-10-19(29-13-12-23)20(14-16)28-2/h4-11,14H,3,13,15H2,1-2H3,(H,24,27)(H,25,26)/b11-5+. The quantitative estimate of drug-likeness (QED) is 0.584. The van der Waals surface area contributed by atoms with Crippen LogP contribution in [0.4, 0.5) is 5.69 Å². The van der Waals surface area contributed by atoms with Gasteiger partial charge in [-0.3, -0.25) is 9.59 Å². The molecule has 0 aromatic heterocycles. The van der Waals surface area contributed by atoms with Crippen LogP contribution < -0.4 is 24.8 Å². The smallest absolute Gasteiger partial charge is 0.257 e. The Balaban J connectivity index is 1.91. The van der Waals surface area contributed by atoms with Gasteiger partial charge in [-0.05, 0) is 55.0 Å². The van der Waals surface area contributed by atoms with Crippen LogP contribution in [0.25, 0.3) is 6.08 Å². The van der Waals surface area contributed by atoms with Crippen molar-refractivity contribution in [2.45, 2.75) is 6.92 Å². The lowest BCUT2D eigenvalue weighted by Gasteiger charge is -2.09. The molecule has 0 spiro atoms. The van der Waals surface area contributed by atoms with Gasteiger partial charge in [0.05, 0.1) is 7.11 Å². The van der Waals surface area contributed by atoms with Crippen LogP contribution in [0.15, 0.2) is 48.5 Å². The van der Waals surface area contributed by atoms with E-state index in [-0.39, 0.29) is 25.0 Å². The first-order chi connectivity index (χ1) is 14.5. The summed E-state index contributed by atoms with van der Waals surface area (Å²) in [6.45, 7) is 2.24. The van der Waals surface area contributed by atoms with Gasteiger partial charge >= 0.3 is 0 Å². The van der Waals surface area contributed by atoms with Crippen molar-refractivity contribution < 1.29 is 23.8 Å². The maximum atomic E-state index is 12.1. The van der Waals surface area contributed by atoms with Gasteiger partial charge in [-0.25, -0.2) is 0 Å². The maximum absolute atomic E-state index is 12.1. The Morgan fingerprint density at radius 3 is 2.53 bits per heavy atom. The largest absolute Gasteiger partial charge is 0.493 e. The Morgan fingerprint density at radius 2 is 1.87 bits per heavy atom. The van der Waals surface area contributed by atoms with E-state index in [1.54, 1.807) is 48.5 Å². The fourth-order valence-electron chi connectivity index (χ4n) is 2.40. The van der Waals surface area contributed by atoms with Crippen molar-refractivity contribution in [3.63, 3.8) is 0 Å². The number of carbonyl (C=O) groups is 2. The normalized spacial score (nSPS) is 10.2. The lowest BCUT2D eigenvalue weighted by molar-refractivity contribution is -0.123. The molecule has 2 N–H and O–H groups in total. The molecule has 0 radical (unpaired) electrons. The highest BCUT2D eigenvalue weighted by atomic mass is 16.5. The van der Waals surface area contributed by atoms with Crippen LogP contribution in [-0.4, -0.2) is 38.7 Å². The molecule has 0 saturated heterocycles. The fraction of sp³-hybridized carbons (Fsp3) is 0.227. The summed E-state index contributed by atoms with van der Waals surface area (Å²) < 4.78 is 15.9. The van der Waals surface area contributed by atoms with Gasteiger partial charge in [-0.1, -0.05) is 6.07 Å². The summed E-state index contributed by atoms with van der Waals surface area (Å²) in [7, 11) is 1.50. The number of nitriles is 1. The Hall–Kier alpha value is -3.99. The molecular weight excluding hydrogens is 386 g/mol. The number of amides is 2. The molecule has 2 aromatic carbocycles. The molecule has 2 aromatic rings. The molecule has 2 amide bonds. The molecular formula is C22H23N3O5. The first kappa shape index (κ1) is 22.3. The number of carbonyl (C=O) groups excluding carboxylic acids is 2. The number of hydrogen-bond donors (Lipinski definition) is 2. The monoisotopic (exact) mass is 409 g/mol. The van der Waals surface area contributed by atoms with E-state index in [0.717, 1.165) is 5.56 Å². The van der Waals surface area contributed by atoms with Gasteiger partial charge in [0.15, 0.2) is 24.7 Å². The van der Waals surface area contributed by atoms with Crippen LogP contribution in [0.1, 0.15) is 12.5 Å². The van der Waals surface area contributed by atoms with E-state index in [9.17, 15) is 9.59 Å². The zero-order valence-corrected chi connectivity index (χ0v) is 16.8. The number of nitrogens with one attached hydrogen (secondary N) is 2. The number of rotatable bonds is 10. The van der Waals surface area contributed by atoms with Gasteiger partial charge in [0.1, 0.15) is 11.8 Å². The Labute approximate surface area is 175 Å². The summed E-state index contributed by atoms with van der Waals surface area (Å²) in [5.74, 6) is 0.947. The van der Waals surface area contributed by atoms with E-state index in [4.69, 9.17) is 19.5 Å². The second kappa shape index (κ2) is 11.8. The number of benzene rings is 2. The first-order valence-corrected chi connectivity index (χ1v) is 9.22. The molecule has 0 unspecified atom stereocenters. The highest BCUT2D eigenvalue weighted by Crippen LogP contribution is 2.28. The summed E-state index contributed by atoms with van der Waals surface area (Å²) in [6.07, 6.45) is 3.03. The van der Waals surface area contributed by atoms with Gasteiger partial charge in [-0.2, -0.15) is 5.26 Å². The number of methoxy groups -OCH3 is 1. The van der Waals surface area contributed by atoms with E-state index in [1.807, 2.05) is 13.0 Å². The van der Waals surface area contributed by atoms with E-state index in [1.165, 1.54) is 13.2 Å². The molecule has 0 aliphatic heterocycles. The SMILES string of the molecule is CCNC(=O)COc1ccc(NC(=O)/C=C/c2ccc(OCC#N)c(OC)c2)cc1. The topological polar surface area (TPSA) is 110 Å². The van der Waals surface area contributed by atoms with Crippen molar-refractivity contribution in [3.05, 3.63) is 54.1 Å². The molecule has 0 fully saturated rings. The first-order valence-electron chi connectivity index (χ1n) is 9.22. The van der Waals surface area contributed by atoms with Crippen molar-refractivity contribution in [3.8, 4) is 23.3 Å². The third kappa shape index (κ3) is 7.20. The van der Waals surface area contributed by atoms with Gasteiger partial charge in [0.25, 0.3) is 5.91 Å². The Bertz CT molecular complexity index is 933. The predicted octanol–water partition coefficient (Wildman–Crippen LogP) is 2.76. The average Bonchev–Trinajstić information content (AvgIpc) is 2.76. The minimum Gasteiger partial charge on any atom is -0.493 e. The van der Waals surface area contributed by atoms with Gasteiger partial charge in [0, 0.05) is 18.3 Å². The minimum absolute atomic E-state index is 0.0634. The molecule has 0 bridgehead atoms. The maximum Gasteiger partial charge on any atom is 0.257 e. The molecule has 0 aliphatic rings. The van der Waals surface area contributed by atoms with Crippen molar-refractivity contribution in [1.29, 1.82) is 5.26 Å². The van der Waals surface area contributed by atoms with Crippen molar-refractivity contribution in [1.82, 2.24) is 5.32 Å². The van der Waals surface area contributed by atoms with Crippen molar-refractivity contribution in [2.24, 2.45) is 0 Å². The highest BCUT2D eigenvalue weighted by molar-refractivity contribution is 6.02. The lowest BCUT2D eigenvalue weighted by Crippen LogP contribution is -2.28. The summed E-state index contributed by atoms with van der Waals surface area (Å²) in [4.78, 5) is 23.5. The molecule has 30 heavy (non-hydrogen) atoms. The van der Waals surface area contributed by atoms with Crippen LogP contribution in [0.5, 0.6) is 17.2 Å². The third-order valence-corrected chi connectivity index (χ3v) is 3.77. The fourth-order valence-corrected chi connectivity index (χ4v) is 2.40. The third-order valence-electron chi connectivity index (χ3n) is 3.77. The van der Waals surface area contributed by atoms with E-state index < -0.39 is 0 Å². The van der Waals surface area contributed by atoms with Crippen LogP contribution >= 0.6 is 0 Å². The highest BCUT2D eigenvalue weighted by Gasteiger charge is 2.05. The molecule has 8 heteroatoms. The minimum atomic E-state index is -0.310. The second-order valence-corrected chi connectivity index (χ2v) is 5.95. The zero-order valence-electron chi connectivity index (χ0n) is 16.8. The number of anilines is 1. The number of likely N-dealkylation sites (N-methyl/N-ethyl adjacent to an activating group) is 1. The van der Waals surface area contributed by atoms with Crippen LogP contribution in [0.3, 0.4) is 0 Å². The Kier molecular flexibility index (Phi) is 8.74. The number of hydrogen-bond acceptors (Lipinski definition) is 6.